The molecule has 0 radical (unpaired) electrons. The van der Waals surface area contributed by atoms with Crippen LogP contribution in [0.5, 0.6) is 0 Å². The van der Waals surface area contributed by atoms with Gasteiger partial charge in [0, 0.05) is 18.0 Å². The Kier molecular flexibility index (Phi) is 3.51. The summed E-state index contributed by atoms with van der Waals surface area (Å²) in [4.78, 5) is 13.8. The average Bonchev–Trinajstić information content (AvgIpc) is 3.24. The van der Waals surface area contributed by atoms with Gasteiger partial charge in [-0.2, -0.15) is 0 Å². The van der Waals surface area contributed by atoms with Gasteiger partial charge in [-0.1, -0.05) is 30.3 Å². The van der Waals surface area contributed by atoms with E-state index in [4.69, 9.17) is 0 Å². The first-order valence-corrected chi connectivity index (χ1v) is 9.55. The second kappa shape index (κ2) is 5.76. The van der Waals surface area contributed by atoms with Crippen molar-refractivity contribution in [3.63, 3.8) is 0 Å². The second-order valence-corrected chi connectivity index (χ2v) is 7.96. The van der Waals surface area contributed by atoms with Crippen molar-refractivity contribution in [3.05, 3.63) is 52.7 Å². The minimum Gasteiger partial charge on any atom is -0.383 e. The fourth-order valence-electron chi connectivity index (χ4n) is 4.04. The van der Waals surface area contributed by atoms with Gasteiger partial charge < -0.3 is 15.3 Å². The van der Waals surface area contributed by atoms with Gasteiger partial charge in [-0.25, -0.2) is 9.97 Å². The predicted molar refractivity (Wildman–Crippen MR) is 100.0 cm³/mol. The molecule has 1 aromatic carbocycles. The molecule has 3 aromatic rings. The summed E-state index contributed by atoms with van der Waals surface area (Å²) in [6, 6.07) is 9.98. The van der Waals surface area contributed by atoms with Crippen LogP contribution in [0, 0.1) is 0 Å². The first kappa shape index (κ1) is 15.3. The topological polar surface area (TPSA) is 61.3 Å². The van der Waals surface area contributed by atoms with Gasteiger partial charge in [0.1, 0.15) is 22.6 Å². The molecule has 25 heavy (non-hydrogen) atoms. The van der Waals surface area contributed by atoms with Crippen LogP contribution >= 0.6 is 11.3 Å². The van der Waals surface area contributed by atoms with E-state index < -0.39 is 5.60 Å². The maximum absolute atomic E-state index is 11.2. The molecule has 6 heteroatoms. The van der Waals surface area contributed by atoms with E-state index in [1.54, 1.807) is 17.7 Å². The molecule has 2 aliphatic rings. The number of nitrogens with one attached hydrogen (secondary N) is 1. The number of hydrogen-bond acceptors (Lipinski definition) is 6. The van der Waals surface area contributed by atoms with Crippen molar-refractivity contribution in [2.24, 2.45) is 0 Å². The number of β-amino-alcohol motifs (C(OH)–C–C–N with tert-alkyl or cyclic N) is 1. The van der Waals surface area contributed by atoms with Crippen LogP contribution in [-0.4, -0.2) is 34.7 Å². The molecule has 0 amide bonds. The van der Waals surface area contributed by atoms with Crippen molar-refractivity contribution >= 4 is 27.4 Å². The van der Waals surface area contributed by atoms with Crippen LogP contribution < -0.4 is 10.2 Å². The summed E-state index contributed by atoms with van der Waals surface area (Å²) in [5.74, 6) is 0.983. The molecule has 4 heterocycles. The molecule has 0 spiro atoms. The molecule has 2 N–H and O–H groups in total. The summed E-state index contributed by atoms with van der Waals surface area (Å²) < 4.78 is 0. The van der Waals surface area contributed by atoms with E-state index in [1.165, 1.54) is 15.8 Å². The smallest absolute Gasteiger partial charge is 0.141 e. The van der Waals surface area contributed by atoms with Gasteiger partial charge in [-0.05, 0) is 30.5 Å². The zero-order valence-electron chi connectivity index (χ0n) is 13.9. The van der Waals surface area contributed by atoms with Crippen LogP contribution in [-0.2, 0) is 18.6 Å². The van der Waals surface area contributed by atoms with Crippen LogP contribution in [0.4, 0.5) is 5.82 Å². The molecule has 5 rings (SSSR count). The summed E-state index contributed by atoms with van der Waals surface area (Å²) in [6.45, 7) is 3.30. The Labute approximate surface area is 150 Å². The zero-order valence-corrected chi connectivity index (χ0v) is 14.7. The van der Waals surface area contributed by atoms with E-state index in [0.29, 0.717) is 6.54 Å². The fourth-order valence-corrected chi connectivity index (χ4v) is 5.19. The molecule has 1 atom stereocenters. The van der Waals surface area contributed by atoms with Crippen LogP contribution in [0.2, 0.25) is 0 Å². The summed E-state index contributed by atoms with van der Waals surface area (Å²) in [6.07, 6.45) is 3.40. The summed E-state index contributed by atoms with van der Waals surface area (Å²) in [5.41, 5.74) is 1.57. The molecule has 1 fully saturated rings. The number of thiophene rings is 1. The van der Waals surface area contributed by atoms with Gasteiger partial charge in [0.05, 0.1) is 11.9 Å². The van der Waals surface area contributed by atoms with Gasteiger partial charge in [0.25, 0.3) is 0 Å². The van der Waals surface area contributed by atoms with Crippen molar-refractivity contribution < 1.29 is 5.11 Å². The predicted octanol–water partition coefficient (Wildman–Crippen LogP) is 2.43. The number of aromatic nitrogens is 2. The highest BCUT2D eigenvalue weighted by Gasteiger charge is 2.39. The number of fused-ring (bicyclic) bond motifs is 3. The van der Waals surface area contributed by atoms with Gasteiger partial charge in [0.2, 0.25) is 0 Å². The molecule has 2 aromatic heterocycles. The van der Waals surface area contributed by atoms with Gasteiger partial charge >= 0.3 is 0 Å². The summed E-state index contributed by atoms with van der Waals surface area (Å²) in [5, 5.41) is 15.8. The van der Waals surface area contributed by atoms with Crippen molar-refractivity contribution in [1.29, 1.82) is 0 Å². The van der Waals surface area contributed by atoms with Crippen molar-refractivity contribution in [1.82, 2.24) is 15.3 Å². The quantitative estimate of drug-likeness (QED) is 0.742. The Morgan fingerprint density at radius 2 is 2.08 bits per heavy atom. The molecule has 2 aliphatic heterocycles. The van der Waals surface area contributed by atoms with Crippen LogP contribution in [0.3, 0.4) is 0 Å². The molecular weight excluding hydrogens is 332 g/mol. The largest absolute Gasteiger partial charge is 0.383 e. The third-order valence-electron chi connectivity index (χ3n) is 5.35. The number of anilines is 1. The monoisotopic (exact) mass is 352 g/mol. The van der Waals surface area contributed by atoms with Crippen molar-refractivity contribution in [2.75, 3.05) is 24.5 Å². The molecule has 5 nitrogen and oxygen atoms in total. The van der Waals surface area contributed by atoms with Crippen LogP contribution in [0.25, 0.3) is 10.2 Å². The molecule has 0 saturated carbocycles. The average molecular weight is 352 g/mol. The normalized spacial score (nSPS) is 23.2. The summed E-state index contributed by atoms with van der Waals surface area (Å²) >= 11 is 1.77. The van der Waals surface area contributed by atoms with Crippen molar-refractivity contribution in [2.45, 2.75) is 25.0 Å². The maximum atomic E-state index is 11.2. The number of rotatable bonds is 2. The number of nitrogens with zero attached hydrogens (tertiary/aromatic N) is 3. The SMILES string of the molecule is OC1(c2ccccc2)CCN(c2ncnc3sc4c(c23)CCNC4)C1. The molecule has 0 aliphatic carbocycles. The Bertz CT molecular complexity index is 926. The highest BCUT2D eigenvalue weighted by molar-refractivity contribution is 7.19. The van der Waals surface area contributed by atoms with Crippen molar-refractivity contribution in [3.8, 4) is 0 Å². The number of hydrogen-bond donors (Lipinski definition) is 2. The second-order valence-electron chi connectivity index (χ2n) is 6.88. The molecule has 0 bridgehead atoms. The standard InChI is InChI=1S/C19H20N4OS/c24-19(13-4-2-1-3-5-13)7-9-23(11-19)17-16-14-6-8-20-10-15(14)25-18(16)22-12-21-17/h1-5,12,20,24H,6-11H2. The van der Waals surface area contributed by atoms with E-state index in [0.717, 1.165) is 48.7 Å². The molecular formula is C19H20N4OS. The highest BCUT2D eigenvalue weighted by atomic mass is 32.1. The van der Waals surface area contributed by atoms with Crippen LogP contribution in [0.15, 0.2) is 36.7 Å². The molecule has 128 valence electrons. The van der Waals surface area contributed by atoms with E-state index in [2.05, 4.69) is 20.2 Å². The first-order chi connectivity index (χ1) is 12.2. The van der Waals surface area contributed by atoms with Crippen LogP contribution in [0.1, 0.15) is 22.4 Å². The third kappa shape index (κ3) is 2.44. The Hall–Kier alpha value is -2.02. The fraction of sp³-hybridized carbons (Fsp3) is 0.368. The lowest BCUT2D eigenvalue weighted by Gasteiger charge is -2.25. The summed E-state index contributed by atoms with van der Waals surface area (Å²) in [7, 11) is 0. The third-order valence-corrected chi connectivity index (χ3v) is 6.49. The zero-order chi connectivity index (χ0) is 16.9. The van der Waals surface area contributed by atoms with E-state index in [1.807, 2.05) is 30.3 Å². The lowest BCUT2D eigenvalue weighted by Crippen LogP contribution is -2.31. The number of benzene rings is 1. The number of aliphatic hydroxyl groups is 1. The minimum absolute atomic E-state index is 0.575. The molecule has 1 saturated heterocycles. The highest BCUT2D eigenvalue weighted by Crippen LogP contribution is 2.40. The maximum Gasteiger partial charge on any atom is 0.141 e. The first-order valence-electron chi connectivity index (χ1n) is 8.73. The van der Waals surface area contributed by atoms with Gasteiger partial charge in [-0.3, -0.25) is 0 Å². The Balaban J connectivity index is 1.55. The van der Waals surface area contributed by atoms with E-state index in [9.17, 15) is 5.11 Å². The van der Waals surface area contributed by atoms with E-state index >= 15 is 0 Å². The minimum atomic E-state index is -0.809. The molecule has 1 unspecified atom stereocenters. The Morgan fingerprint density at radius 3 is 2.96 bits per heavy atom. The Morgan fingerprint density at radius 1 is 1.20 bits per heavy atom. The van der Waals surface area contributed by atoms with Gasteiger partial charge in [0.15, 0.2) is 0 Å². The lowest BCUT2D eigenvalue weighted by molar-refractivity contribution is 0.0606. The van der Waals surface area contributed by atoms with E-state index in [-0.39, 0.29) is 0 Å². The van der Waals surface area contributed by atoms with Gasteiger partial charge in [-0.15, -0.1) is 11.3 Å². The lowest BCUT2D eigenvalue weighted by atomic mass is 9.93.